The molecule has 0 bridgehead atoms. The van der Waals surface area contributed by atoms with Crippen LogP contribution in [0.2, 0.25) is 0 Å². The lowest BCUT2D eigenvalue weighted by Gasteiger charge is -2.37. The molecular formula is C14H17BrFNO3. The number of halogens is 2. The summed E-state index contributed by atoms with van der Waals surface area (Å²) in [4.78, 5) is 14.0. The van der Waals surface area contributed by atoms with E-state index >= 15 is 0 Å². The van der Waals surface area contributed by atoms with E-state index in [1.54, 1.807) is 19.2 Å². The molecule has 0 saturated carbocycles. The highest BCUT2D eigenvalue weighted by Gasteiger charge is 2.42. The maximum Gasteiger partial charge on any atom is 0.259 e. The molecule has 20 heavy (non-hydrogen) atoms. The van der Waals surface area contributed by atoms with Crippen molar-refractivity contribution in [2.45, 2.75) is 18.4 Å². The van der Waals surface area contributed by atoms with Crippen LogP contribution < -0.4 is 4.90 Å². The van der Waals surface area contributed by atoms with Gasteiger partial charge in [-0.15, -0.1) is 0 Å². The number of hydrogen-bond donors (Lipinski definition) is 0. The number of likely N-dealkylation sites (N-methyl/N-ethyl adjacent to an activating group) is 1. The molecule has 2 rings (SSSR count). The molecule has 1 fully saturated rings. The van der Waals surface area contributed by atoms with Gasteiger partial charge in [0.05, 0.1) is 5.69 Å². The third kappa shape index (κ3) is 2.87. The molecule has 0 spiro atoms. The second kappa shape index (κ2) is 6.20. The number of rotatable bonds is 3. The number of carbonyl (C=O) groups is 1. The average Bonchev–Trinajstić information content (AvgIpc) is 2.46. The van der Waals surface area contributed by atoms with Gasteiger partial charge in [0, 0.05) is 44.7 Å². The zero-order valence-corrected chi connectivity index (χ0v) is 13.1. The monoisotopic (exact) mass is 345 g/mol. The standard InChI is InChI=1S/C14H17BrFNO3/c1-17(12-4-3-10(15)9-11(12)16)13(18)14(19-2)5-7-20-8-6-14/h3-4,9H,5-8H2,1-2H3. The summed E-state index contributed by atoms with van der Waals surface area (Å²) in [6.07, 6.45) is 0.954. The molecule has 110 valence electrons. The van der Waals surface area contributed by atoms with Crippen molar-refractivity contribution in [2.75, 3.05) is 32.3 Å². The van der Waals surface area contributed by atoms with Crippen LogP contribution in [0.3, 0.4) is 0 Å². The van der Waals surface area contributed by atoms with Gasteiger partial charge in [0.1, 0.15) is 5.82 Å². The van der Waals surface area contributed by atoms with Crippen LogP contribution in [-0.2, 0) is 14.3 Å². The Morgan fingerprint density at radius 3 is 2.65 bits per heavy atom. The number of carbonyl (C=O) groups excluding carboxylic acids is 1. The topological polar surface area (TPSA) is 38.8 Å². The van der Waals surface area contributed by atoms with Gasteiger partial charge in [-0.05, 0) is 18.2 Å². The van der Waals surface area contributed by atoms with Crippen LogP contribution in [0.15, 0.2) is 22.7 Å². The summed E-state index contributed by atoms with van der Waals surface area (Å²) in [5, 5.41) is 0. The van der Waals surface area contributed by atoms with Crippen molar-refractivity contribution >= 4 is 27.5 Å². The minimum atomic E-state index is -0.924. The van der Waals surface area contributed by atoms with Gasteiger partial charge in [0.2, 0.25) is 0 Å². The van der Waals surface area contributed by atoms with E-state index in [1.165, 1.54) is 18.1 Å². The van der Waals surface area contributed by atoms with Crippen LogP contribution in [0, 0.1) is 5.82 Å². The Morgan fingerprint density at radius 2 is 2.10 bits per heavy atom. The van der Waals surface area contributed by atoms with Crippen LogP contribution in [0.5, 0.6) is 0 Å². The minimum absolute atomic E-state index is 0.237. The first-order valence-corrected chi connectivity index (χ1v) is 7.15. The fraction of sp³-hybridized carbons (Fsp3) is 0.500. The largest absolute Gasteiger partial charge is 0.381 e. The fourth-order valence-electron chi connectivity index (χ4n) is 2.37. The van der Waals surface area contributed by atoms with Crippen molar-refractivity contribution in [2.24, 2.45) is 0 Å². The van der Waals surface area contributed by atoms with Crippen molar-refractivity contribution in [3.63, 3.8) is 0 Å². The number of nitrogens with zero attached hydrogens (tertiary/aromatic N) is 1. The van der Waals surface area contributed by atoms with E-state index in [2.05, 4.69) is 15.9 Å². The lowest BCUT2D eigenvalue weighted by molar-refractivity contribution is -0.151. The Bertz CT molecular complexity index is 503. The third-order valence-electron chi connectivity index (χ3n) is 3.66. The molecular weight excluding hydrogens is 329 g/mol. The summed E-state index contributed by atoms with van der Waals surface area (Å²) in [6.45, 7) is 0.937. The molecule has 0 unspecified atom stereocenters. The van der Waals surface area contributed by atoms with E-state index in [0.29, 0.717) is 30.5 Å². The average molecular weight is 346 g/mol. The maximum atomic E-state index is 14.0. The predicted octanol–water partition coefficient (Wildman–Crippen LogP) is 2.75. The SMILES string of the molecule is COC1(C(=O)N(C)c2ccc(Br)cc2F)CCOCC1. The Hall–Kier alpha value is -0.980. The van der Waals surface area contributed by atoms with Gasteiger partial charge in [-0.3, -0.25) is 4.79 Å². The van der Waals surface area contributed by atoms with Gasteiger partial charge >= 0.3 is 0 Å². The van der Waals surface area contributed by atoms with E-state index in [4.69, 9.17) is 9.47 Å². The molecule has 6 heteroatoms. The van der Waals surface area contributed by atoms with Gasteiger partial charge < -0.3 is 14.4 Å². The number of ether oxygens (including phenoxy) is 2. The van der Waals surface area contributed by atoms with Crippen LogP contribution in [0.1, 0.15) is 12.8 Å². The molecule has 1 aliphatic rings. The fourth-order valence-corrected chi connectivity index (χ4v) is 2.71. The van der Waals surface area contributed by atoms with Crippen LogP contribution in [0.25, 0.3) is 0 Å². The first-order valence-electron chi connectivity index (χ1n) is 6.36. The Morgan fingerprint density at radius 1 is 1.45 bits per heavy atom. The van der Waals surface area contributed by atoms with Crippen molar-refractivity contribution in [1.82, 2.24) is 0 Å². The second-order valence-electron chi connectivity index (χ2n) is 4.77. The molecule has 0 N–H and O–H groups in total. The first-order chi connectivity index (χ1) is 9.50. The normalized spacial score (nSPS) is 17.8. The molecule has 4 nitrogen and oxygen atoms in total. The van der Waals surface area contributed by atoms with E-state index in [0.717, 1.165) is 0 Å². The van der Waals surface area contributed by atoms with Crippen molar-refractivity contribution in [3.05, 3.63) is 28.5 Å². The summed E-state index contributed by atoms with van der Waals surface area (Å²) < 4.78 is 25.3. The van der Waals surface area contributed by atoms with Crippen LogP contribution in [0.4, 0.5) is 10.1 Å². The maximum absolute atomic E-state index is 14.0. The highest BCUT2D eigenvalue weighted by molar-refractivity contribution is 9.10. The molecule has 1 heterocycles. The number of methoxy groups -OCH3 is 1. The van der Waals surface area contributed by atoms with Crippen LogP contribution >= 0.6 is 15.9 Å². The van der Waals surface area contributed by atoms with Gasteiger partial charge in [-0.1, -0.05) is 15.9 Å². The third-order valence-corrected chi connectivity index (χ3v) is 4.15. The quantitative estimate of drug-likeness (QED) is 0.845. The molecule has 1 aromatic rings. The van der Waals surface area contributed by atoms with Gasteiger partial charge in [-0.25, -0.2) is 4.39 Å². The number of hydrogen-bond acceptors (Lipinski definition) is 3. The summed E-state index contributed by atoms with van der Waals surface area (Å²) in [7, 11) is 3.07. The summed E-state index contributed by atoms with van der Waals surface area (Å²) >= 11 is 3.20. The predicted molar refractivity (Wildman–Crippen MR) is 77.3 cm³/mol. The van der Waals surface area contributed by atoms with Crippen molar-refractivity contribution < 1.29 is 18.7 Å². The van der Waals surface area contributed by atoms with E-state index in [1.807, 2.05) is 0 Å². The van der Waals surface area contributed by atoms with Gasteiger partial charge in [0.25, 0.3) is 5.91 Å². The van der Waals surface area contributed by atoms with E-state index < -0.39 is 11.4 Å². The lowest BCUT2D eigenvalue weighted by Crippen LogP contribution is -2.52. The lowest BCUT2D eigenvalue weighted by atomic mass is 9.92. The molecule has 0 aliphatic carbocycles. The Balaban J connectivity index is 2.27. The zero-order valence-electron chi connectivity index (χ0n) is 11.5. The number of anilines is 1. The van der Waals surface area contributed by atoms with Crippen LogP contribution in [-0.4, -0.2) is 38.9 Å². The highest BCUT2D eigenvalue weighted by Crippen LogP contribution is 2.30. The van der Waals surface area contributed by atoms with Gasteiger partial charge in [0.15, 0.2) is 5.60 Å². The van der Waals surface area contributed by atoms with Crippen molar-refractivity contribution in [3.8, 4) is 0 Å². The Labute approximate surface area is 126 Å². The van der Waals surface area contributed by atoms with E-state index in [-0.39, 0.29) is 11.6 Å². The highest BCUT2D eigenvalue weighted by atomic mass is 79.9. The van der Waals surface area contributed by atoms with Crippen molar-refractivity contribution in [1.29, 1.82) is 0 Å². The molecule has 0 radical (unpaired) electrons. The summed E-state index contributed by atoms with van der Waals surface area (Å²) in [6, 6.07) is 4.61. The molecule has 1 aromatic carbocycles. The minimum Gasteiger partial charge on any atom is -0.381 e. The molecule has 1 saturated heterocycles. The number of amides is 1. The Kier molecular flexibility index (Phi) is 4.78. The van der Waals surface area contributed by atoms with E-state index in [9.17, 15) is 9.18 Å². The molecule has 0 aromatic heterocycles. The second-order valence-corrected chi connectivity index (χ2v) is 5.69. The molecule has 1 aliphatic heterocycles. The first kappa shape index (κ1) is 15.4. The summed E-state index contributed by atoms with van der Waals surface area (Å²) in [5.74, 6) is -0.696. The zero-order chi connectivity index (χ0) is 14.8. The summed E-state index contributed by atoms with van der Waals surface area (Å²) in [5.41, 5.74) is -0.687. The smallest absolute Gasteiger partial charge is 0.259 e. The molecule has 1 amide bonds. The van der Waals surface area contributed by atoms with Gasteiger partial charge in [-0.2, -0.15) is 0 Å². The number of benzene rings is 1. The molecule has 0 atom stereocenters.